The van der Waals surface area contributed by atoms with Gasteiger partial charge in [-0.3, -0.25) is 0 Å². The summed E-state index contributed by atoms with van der Waals surface area (Å²) >= 11 is 0. The number of hydrogen-bond acceptors (Lipinski definition) is 4. The van der Waals surface area contributed by atoms with E-state index < -0.39 is 0 Å². The lowest BCUT2D eigenvalue weighted by Gasteiger charge is -2.18. The van der Waals surface area contributed by atoms with E-state index in [2.05, 4.69) is 24.2 Å². The second-order valence-electron chi connectivity index (χ2n) is 4.91. The van der Waals surface area contributed by atoms with Crippen molar-refractivity contribution in [3.8, 4) is 11.5 Å². The monoisotopic (exact) mass is 250 g/mol. The first kappa shape index (κ1) is 13.0. The summed E-state index contributed by atoms with van der Waals surface area (Å²) in [7, 11) is 5.49. The molecule has 1 aromatic rings. The second kappa shape index (κ2) is 5.48. The van der Waals surface area contributed by atoms with Crippen molar-refractivity contribution in [3.63, 3.8) is 0 Å². The lowest BCUT2D eigenvalue weighted by molar-refractivity contribution is 0.355. The molecule has 4 heteroatoms. The summed E-state index contributed by atoms with van der Waals surface area (Å²) in [6.07, 6.45) is 1.18. The summed E-state index contributed by atoms with van der Waals surface area (Å²) < 4.78 is 10.6. The minimum absolute atomic E-state index is 0.520. The van der Waals surface area contributed by atoms with Gasteiger partial charge in [0.05, 0.1) is 14.2 Å². The van der Waals surface area contributed by atoms with Crippen LogP contribution >= 0.6 is 0 Å². The van der Waals surface area contributed by atoms with Crippen molar-refractivity contribution in [2.24, 2.45) is 0 Å². The number of benzene rings is 1. The van der Waals surface area contributed by atoms with Gasteiger partial charge in [0.1, 0.15) is 0 Å². The molecule has 0 spiro atoms. The van der Waals surface area contributed by atoms with Crippen molar-refractivity contribution < 1.29 is 9.47 Å². The lowest BCUT2D eigenvalue weighted by atomic mass is 10.1. The van der Waals surface area contributed by atoms with Crippen LogP contribution in [0.4, 0.5) is 5.69 Å². The van der Waals surface area contributed by atoms with Gasteiger partial charge in [-0.25, -0.2) is 0 Å². The molecule has 4 nitrogen and oxygen atoms in total. The number of nitrogens with one attached hydrogen (secondary N) is 1. The quantitative estimate of drug-likeness (QED) is 0.887. The third kappa shape index (κ3) is 2.70. The SMILES string of the molecule is COc1cc(C)c(NC2CCN(C)C2)cc1OC. The predicted molar refractivity (Wildman–Crippen MR) is 73.8 cm³/mol. The molecule has 100 valence electrons. The third-order valence-electron chi connectivity index (χ3n) is 3.48. The smallest absolute Gasteiger partial charge is 0.162 e. The molecule has 1 saturated heterocycles. The molecule has 0 bridgehead atoms. The van der Waals surface area contributed by atoms with Gasteiger partial charge < -0.3 is 19.7 Å². The predicted octanol–water partition coefficient (Wildman–Crippen LogP) is 2.13. The fourth-order valence-corrected chi connectivity index (χ4v) is 2.41. The molecular weight excluding hydrogens is 228 g/mol. The van der Waals surface area contributed by atoms with Gasteiger partial charge in [0.15, 0.2) is 11.5 Å². The Bertz CT molecular complexity index is 421. The lowest BCUT2D eigenvalue weighted by Crippen LogP contribution is -2.23. The maximum absolute atomic E-state index is 5.34. The Morgan fingerprint density at radius 1 is 1.22 bits per heavy atom. The number of likely N-dealkylation sites (tertiary alicyclic amines) is 1. The molecule has 1 aliphatic heterocycles. The molecule has 0 amide bonds. The van der Waals surface area contributed by atoms with E-state index in [4.69, 9.17) is 9.47 Å². The fourth-order valence-electron chi connectivity index (χ4n) is 2.41. The molecule has 18 heavy (non-hydrogen) atoms. The van der Waals surface area contributed by atoms with E-state index in [1.165, 1.54) is 12.0 Å². The Morgan fingerprint density at radius 3 is 2.44 bits per heavy atom. The van der Waals surface area contributed by atoms with Gasteiger partial charge in [0.25, 0.3) is 0 Å². The Kier molecular flexibility index (Phi) is 3.97. The van der Waals surface area contributed by atoms with Crippen molar-refractivity contribution >= 4 is 5.69 Å². The van der Waals surface area contributed by atoms with Crippen LogP contribution in [0.3, 0.4) is 0 Å². The number of rotatable bonds is 4. The summed E-state index contributed by atoms with van der Waals surface area (Å²) in [6.45, 7) is 4.33. The normalized spacial score (nSPS) is 19.9. The van der Waals surface area contributed by atoms with Gasteiger partial charge in [0.2, 0.25) is 0 Å². The number of nitrogens with zero attached hydrogens (tertiary/aromatic N) is 1. The highest BCUT2D eigenvalue weighted by Gasteiger charge is 2.20. The number of ether oxygens (including phenoxy) is 2. The molecule has 0 aliphatic carbocycles. The summed E-state index contributed by atoms with van der Waals surface area (Å²) in [5.41, 5.74) is 2.31. The average Bonchev–Trinajstić information content (AvgIpc) is 2.77. The Hall–Kier alpha value is -1.42. The van der Waals surface area contributed by atoms with Gasteiger partial charge in [-0.2, -0.15) is 0 Å². The number of anilines is 1. The van der Waals surface area contributed by atoms with Crippen LogP contribution in [0.2, 0.25) is 0 Å². The molecule has 1 heterocycles. The van der Waals surface area contributed by atoms with Gasteiger partial charge in [-0.15, -0.1) is 0 Å². The van der Waals surface area contributed by atoms with Gasteiger partial charge in [-0.05, 0) is 38.6 Å². The molecule has 0 aromatic heterocycles. The summed E-state index contributed by atoms with van der Waals surface area (Å²) in [5.74, 6) is 1.56. The van der Waals surface area contributed by atoms with Crippen LogP contribution in [-0.4, -0.2) is 45.3 Å². The second-order valence-corrected chi connectivity index (χ2v) is 4.91. The van der Waals surface area contributed by atoms with E-state index in [1.807, 2.05) is 12.1 Å². The maximum atomic E-state index is 5.34. The molecule has 1 unspecified atom stereocenters. The molecular formula is C14H22N2O2. The molecule has 0 radical (unpaired) electrons. The fraction of sp³-hybridized carbons (Fsp3) is 0.571. The molecule has 1 atom stereocenters. The van der Waals surface area contributed by atoms with Crippen molar-refractivity contribution in [2.75, 3.05) is 39.7 Å². The van der Waals surface area contributed by atoms with E-state index in [9.17, 15) is 0 Å². The highest BCUT2D eigenvalue weighted by atomic mass is 16.5. The Balaban J connectivity index is 2.17. The first-order valence-electron chi connectivity index (χ1n) is 6.31. The van der Waals surface area contributed by atoms with E-state index in [1.54, 1.807) is 14.2 Å². The zero-order valence-corrected chi connectivity index (χ0v) is 11.6. The van der Waals surface area contributed by atoms with Crippen LogP contribution in [0.5, 0.6) is 11.5 Å². The van der Waals surface area contributed by atoms with E-state index >= 15 is 0 Å². The summed E-state index contributed by atoms with van der Waals surface area (Å²) in [4.78, 5) is 2.34. The van der Waals surface area contributed by atoms with Crippen molar-refractivity contribution in [2.45, 2.75) is 19.4 Å². The van der Waals surface area contributed by atoms with Gasteiger partial charge >= 0.3 is 0 Å². The van der Waals surface area contributed by atoms with Crippen LogP contribution in [0.25, 0.3) is 0 Å². The summed E-state index contributed by atoms with van der Waals surface area (Å²) in [5, 5.41) is 3.59. The van der Waals surface area contributed by atoms with Crippen LogP contribution in [0, 0.1) is 6.92 Å². The summed E-state index contributed by atoms with van der Waals surface area (Å²) in [6, 6.07) is 4.55. The number of methoxy groups -OCH3 is 2. The van der Waals surface area contributed by atoms with E-state index in [0.717, 1.165) is 30.3 Å². The zero-order valence-electron chi connectivity index (χ0n) is 11.6. The van der Waals surface area contributed by atoms with E-state index in [-0.39, 0.29) is 0 Å². The van der Waals surface area contributed by atoms with Crippen molar-refractivity contribution in [1.82, 2.24) is 4.90 Å². The molecule has 1 aliphatic rings. The number of aryl methyl sites for hydroxylation is 1. The van der Waals surface area contributed by atoms with Crippen LogP contribution in [0.15, 0.2) is 12.1 Å². The Morgan fingerprint density at radius 2 is 1.89 bits per heavy atom. The van der Waals surface area contributed by atoms with Gasteiger partial charge in [0, 0.05) is 24.3 Å². The van der Waals surface area contributed by atoms with Crippen molar-refractivity contribution in [1.29, 1.82) is 0 Å². The van der Waals surface area contributed by atoms with E-state index in [0.29, 0.717) is 6.04 Å². The molecule has 1 aromatic carbocycles. The standard InChI is InChI=1S/C14H22N2O2/c1-10-7-13(17-3)14(18-4)8-12(10)15-11-5-6-16(2)9-11/h7-8,11,15H,5-6,9H2,1-4H3. The minimum Gasteiger partial charge on any atom is -0.493 e. The van der Waals surface area contributed by atoms with Crippen LogP contribution in [-0.2, 0) is 0 Å². The van der Waals surface area contributed by atoms with Crippen molar-refractivity contribution in [3.05, 3.63) is 17.7 Å². The maximum Gasteiger partial charge on any atom is 0.162 e. The first-order chi connectivity index (χ1) is 8.63. The third-order valence-corrected chi connectivity index (χ3v) is 3.48. The van der Waals surface area contributed by atoms with Gasteiger partial charge in [-0.1, -0.05) is 0 Å². The largest absolute Gasteiger partial charge is 0.493 e. The number of hydrogen-bond donors (Lipinski definition) is 1. The Labute approximate surface area is 109 Å². The minimum atomic E-state index is 0.520. The molecule has 0 saturated carbocycles. The number of likely N-dealkylation sites (N-methyl/N-ethyl adjacent to an activating group) is 1. The zero-order chi connectivity index (χ0) is 13.1. The van der Waals surface area contributed by atoms with Crippen LogP contribution < -0.4 is 14.8 Å². The van der Waals surface area contributed by atoms with Crippen LogP contribution in [0.1, 0.15) is 12.0 Å². The molecule has 1 N–H and O–H groups in total. The molecule has 1 fully saturated rings. The first-order valence-corrected chi connectivity index (χ1v) is 6.31. The topological polar surface area (TPSA) is 33.7 Å². The molecule has 2 rings (SSSR count). The highest BCUT2D eigenvalue weighted by Crippen LogP contribution is 2.33. The average molecular weight is 250 g/mol. The highest BCUT2D eigenvalue weighted by molar-refractivity contribution is 5.60.